The van der Waals surface area contributed by atoms with E-state index in [1.165, 1.54) is 7.05 Å². The minimum Gasteiger partial charge on any atom is -0.466 e. The second kappa shape index (κ2) is 11.1. The van der Waals surface area contributed by atoms with Gasteiger partial charge in [0.25, 0.3) is 5.91 Å². The molecule has 0 aliphatic heterocycles. The number of aliphatic imine (C=N–C) groups is 1. The number of terminal acetylenes is 1. The molecule has 9 heteroatoms. The summed E-state index contributed by atoms with van der Waals surface area (Å²) in [6, 6.07) is 5.72. The van der Waals surface area contributed by atoms with Gasteiger partial charge in [0, 0.05) is 18.3 Å². The summed E-state index contributed by atoms with van der Waals surface area (Å²) in [6.07, 6.45) is 5.15. The zero-order chi connectivity index (χ0) is 20.2. The molecular weight excluding hydrogens is 350 g/mol. The van der Waals surface area contributed by atoms with E-state index in [4.69, 9.17) is 16.9 Å². The molecule has 1 atom stereocenters. The van der Waals surface area contributed by atoms with Gasteiger partial charge in [-0.2, -0.15) is 0 Å². The molecule has 0 spiro atoms. The van der Waals surface area contributed by atoms with Gasteiger partial charge >= 0.3 is 5.97 Å². The van der Waals surface area contributed by atoms with Crippen LogP contribution in [-0.2, 0) is 14.3 Å². The highest BCUT2D eigenvalue weighted by Crippen LogP contribution is 2.10. The highest BCUT2D eigenvalue weighted by molar-refractivity contribution is 5.99. The molecule has 1 aromatic rings. The average molecular weight is 373 g/mol. The van der Waals surface area contributed by atoms with Crippen molar-refractivity contribution < 1.29 is 19.1 Å². The number of benzene rings is 1. The van der Waals surface area contributed by atoms with Crippen LogP contribution in [0.5, 0.6) is 0 Å². The molecule has 1 unspecified atom stereocenters. The number of hydrogen-bond donors (Lipinski definition) is 4. The summed E-state index contributed by atoms with van der Waals surface area (Å²) in [5.74, 6) is 1.01. The Hall–Kier alpha value is -3.54. The molecule has 27 heavy (non-hydrogen) atoms. The van der Waals surface area contributed by atoms with Gasteiger partial charge in [0.05, 0.1) is 19.6 Å². The normalized spacial score (nSPS) is 11.7. The fourth-order valence-electron chi connectivity index (χ4n) is 1.99. The van der Waals surface area contributed by atoms with E-state index in [9.17, 15) is 14.4 Å². The molecule has 0 bridgehead atoms. The van der Waals surface area contributed by atoms with Crippen molar-refractivity contribution in [1.29, 1.82) is 0 Å². The maximum absolute atomic E-state index is 12.2. The van der Waals surface area contributed by atoms with Gasteiger partial charge < -0.3 is 26.4 Å². The number of nitrogens with zero attached hydrogens (tertiary/aromatic N) is 1. The van der Waals surface area contributed by atoms with Crippen molar-refractivity contribution in [2.75, 3.05) is 25.5 Å². The number of guanidine groups is 1. The highest BCUT2D eigenvalue weighted by Gasteiger charge is 2.16. The summed E-state index contributed by atoms with van der Waals surface area (Å²) >= 11 is 0. The van der Waals surface area contributed by atoms with Crippen LogP contribution in [0.15, 0.2) is 29.3 Å². The van der Waals surface area contributed by atoms with Crippen LogP contribution in [-0.4, -0.2) is 50.0 Å². The van der Waals surface area contributed by atoms with Gasteiger partial charge in [-0.1, -0.05) is 12.0 Å². The van der Waals surface area contributed by atoms with Crippen LogP contribution in [0.3, 0.4) is 0 Å². The monoisotopic (exact) mass is 373 g/mol. The molecule has 0 aliphatic rings. The Morgan fingerprint density at radius 1 is 1.37 bits per heavy atom. The van der Waals surface area contributed by atoms with E-state index in [-0.39, 0.29) is 25.5 Å². The third-order valence-corrected chi connectivity index (χ3v) is 3.26. The van der Waals surface area contributed by atoms with Crippen LogP contribution in [0.1, 0.15) is 23.7 Å². The first-order valence-corrected chi connectivity index (χ1v) is 8.18. The lowest BCUT2D eigenvalue weighted by Crippen LogP contribution is -2.42. The third kappa shape index (κ3) is 7.92. The van der Waals surface area contributed by atoms with E-state index in [1.54, 1.807) is 31.2 Å². The Kier molecular flexibility index (Phi) is 8.88. The predicted molar refractivity (Wildman–Crippen MR) is 102 cm³/mol. The highest BCUT2D eigenvalue weighted by atomic mass is 16.5. The summed E-state index contributed by atoms with van der Waals surface area (Å²) in [4.78, 5) is 39.3. The molecule has 1 aromatic carbocycles. The second-order valence-corrected chi connectivity index (χ2v) is 5.29. The first kappa shape index (κ1) is 21.5. The molecule has 0 saturated heterocycles. The van der Waals surface area contributed by atoms with Crippen molar-refractivity contribution in [2.24, 2.45) is 10.7 Å². The zero-order valence-corrected chi connectivity index (χ0v) is 15.2. The Morgan fingerprint density at radius 2 is 2.11 bits per heavy atom. The van der Waals surface area contributed by atoms with Crippen LogP contribution in [0, 0.1) is 12.3 Å². The Bertz CT molecular complexity index is 754. The Labute approximate surface area is 157 Å². The minimum atomic E-state index is -0.808. The number of hydrogen-bond acceptors (Lipinski definition) is 5. The van der Waals surface area contributed by atoms with Gasteiger partial charge in [-0.25, -0.2) is 0 Å². The molecule has 0 fully saturated rings. The van der Waals surface area contributed by atoms with Crippen LogP contribution >= 0.6 is 0 Å². The molecule has 0 aromatic heterocycles. The van der Waals surface area contributed by atoms with Gasteiger partial charge in [-0.15, -0.1) is 6.42 Å². The lowest BCUT2D eigenvalue weighted by atomic mass is 10.2. The van der Waals surface area contributed by atoms with Gasteiger partial charge in [-0.05, 0) is 25.1 Å². The summed E-state index contributed by atoms with van der Waals surface area (Å²) in [6.45, 7) is 1.60. The smallest absolute Gasteiger partial charge is 0.308 e. The van der Waals surface area contributed by atoms with Crippen LogP contribution in [0.2, 0.25) is 0 Å². The number of ether oxygens (including phenoxy) is 1. The van der Waals surface area contributed by atoms with E-state index in [0.717, 1.165) is 0 Å². The lowest BCUT2D eigenvalue weighted by molar-refractivity contribution is -0.143. The van der Waals surface area contributed by atoms with Crippen LogP contribution in [0.4, 0.5) is 5.69 Å². The van der Waals surface area contributed by atoms with Gasteiger partial charge in [0.1, 0.15) is 6.04 Å². The van der Waals surface area contributed by atoms with Crippen LogP contribution in [0.25, 0.3) is 0 Å². The minimum absolute atomic E-state index is 0.141. The first-order valence-electron chi connectivity index (χ1n) is 8.18. The number of anilines is 1. The zero-order valence-electron chi connectivity index (χ0n) is 15.2. The third-order valence-electron chi connectivity index (χ3n) is 3.26. The number of nitrogens with two attached hydrogens (primary N) is 1. The Morgan fingerprint density at radius 3 is 2.74 bits per heavy atom. The van der Waals surface area contributed by atoms with Crippen molar-refractivity contribution >= 4 is 29.4 Å². The summed E-state index contributed by atoms with van der Waals surface area (Å²) in [7, 11) is 1.53. The molecule has 0 radical (unpaired) electrons. The average Bonchev–Trinajstić information content (AvgIpc) is 2.65. The van der Waals surface area contributed by atoms with Crippen molar-refractivity contribution in [3.05, 3.63) is 29.8 Å². The number of amides is 2. The Balaban J connectivity index is 2.56. The maximum Gasteiger partial charge on any atom is 0.308 e. The van der Waals surface area contributed by atoms with Crippen LogP contribution < -0.4 is 21.7 Å². The molecule has 144 valence electrons. The standard InChI is InChI=1S/C18H23N5O4/c1-4-13(10-16(25)27-5-2)22-15(24)11-21-17(26)12-7-6-8-14(9-12)23-18(19)20-3/h1,6-9,13H,5,10-11H2,2-3H3,(H,21,26)(H,22,24)(H3,19,20,23). The van der Waals surface area contributed by atoms with Crippen molar-refractivity contribution in [3.63, 3.8) is 0 Å². The van der Waals surface area contributed by atoms with Gasteiger partial charge in [0.15, 0.2) is 5.96 Å². The molecule has 0 heterocycles. The maximum atomic E-state index is 12.2. The van der Waals surface area contributed by atoms with Crippen molar-refractivity contribution in [2.45, 2.75) is 19.4 Å². The summed E-state index contributed by atoms with van der Waals surface area (Å²) < 4.78 is 4.78. The fraction of sp³-hybridized carbons (Fsp3) is 0.333. The van der Waals surface area contributed by atoms with Gasteiger partial charge in [0.2, 0.25) is 5.91 Å². The number of carbonyl (C=O) groups is 3. The number of carbonyl (C=O) groups excluding carboxylic acids is 3. The van der Waals surface area contributed by atoms with Gasteiger partial charge in [-0.3, -0.25) is 19.4 Å². The summed E-state index contributed by atoms with van der Waals surface area (Å²) in [5, 5.41) is 7.77. The lowest BCUT2D eigenvalue weighted by Gasteiger charge is -2.13. The molecule has 1 rings (SSSR count). The number of nitrogens with one attached hydrogen (secondary N) is 3. The largest absolute Gasteiger partial charge is 0.466 e. The molecule has 5 N–H and O–H groups in total. The van der Waals surface area contributed by atoms with Crippen molar-refractivity contribution in [1.82, 2.24) is 10.6 Å². The molecule has 0 saturated carbocycles. The number of esters is 1. The van der Waals surface area contributed by atoms with Crippen molar-refractivity contribution in [3.8, 4) is 12.3 Å². The van der Waals surface area contributed by atoms with E-state index >= 15 is 0 Å². The first-order chi connectivity index (χ1) is 12.9. The van der Waals surface area contributed by atoms with E-state index < -0.39 is 23.8 Å². The quantitative estimate of drug-likeness (QED) is 0.217. The van der Waals surface area contributed by atoms with E-state index in [0.29, 0.717) is 11.3 Å². The van der Waals surface area contributed by atoms with E-state index in [2.05, 4.69) is 26.9 Å². The fourth-order valence-corrected chi connectivity index (χ4v) is 1.99. The SMILES string of the molecule is C#CC(CC(=O)OCC)NC(=O)CNC(=O)c1cccc(NC(N)=NC)c1. The molecular formula is C18H23N5O4. The second-order valence-electron chi connectivity index (χ2n) is 5.29. The molecule has 0 aliphatic carbocycles. The summed E-state index contributed by atoms with van der Waals surface area (Å²) in [5.41, 5.74) is 6.49. The number of rotatable bonds is 8. The predicted octanol–water partition coefficient (Wildman–Crippen LogP) is -0.156. The topological polar surface area (TPSA) is 135 Å². The van der Waals surface area contributed by atoms with E-state index in [1.807, 2.05) is 0 Å². The molecule has 2 amide bonds. The molecule has 9 nitrogen and oxygen atoms in total.